The van der Waals surface area contributed by atoms with E-state index >= 15 is 0 Å². The average molecular weight is 213 g/mol. The van der Waals surface area contributed by atoms with Crippen LogP contribution in [0, 0.1) is 0 Å². The molecule has 0 unspecified atom stereocenters. The monoisotopic (exact) mass is 213 g/mol. The quantitative estimate of drug-likeness (QED) is 0.679. The van der Waals surface area contributed by atoms with E-state index in [9.17, 15) is 13.2 Å². The lowest BCUT2D eigenvalue weighted by atomic mass is 9.98. The summed E-state index contributed by atoms with van der Waals surface area (Å²) in [5, 5.41) is 0. The van der Waals surface area contributed by atoms with E-state index in [1.165, 1.54) is 12.1 Å². The summed E-state index contributed by atoms with van der Waals surface area (Å²) >= 11 is 0. The van der Waals surface area contributed by atoms with Crippen LogP contribution < -0.4 is 0 Å². The maximum absolute atomic E-state index is 12.3. The van der Waals surface area contributed by atoms with Crippen LogP contribution in [0.5, 0.6) is 0 Å². The zero-order chi connectivity index (χ0) is 10.9. The predicted octanol–water partition coefficient (Wildman–Crippen LogP) is 3.26. The van der Waals surface area contributed by atoms with Crippen molar-refractivity contribution in [2.45, 2.75) is 18.5 Å². The van der Waals surface area contributed by atoms with Crippen molar-refractivity contribution in [1.29, 1.82) is 0 Å². The van der Waals surface area contributed by atoms with Gasteiger partial charge in [0.05, 0.1) is 5.56 Å². The predicted molar refractivity (Wildman–Crippen MR) is 52.2 cm³/mol. The van der Waals surface area contributed by atoms with E-state index in [0.717, 1.165) is 30.7 Å². The molecular formula is C11H10F3N. The molecule has 1 atom stereocenters. The summed E-state index contributed by atoms with van der Waals surface area (Å²) in [6, 6.07) is 5.32. The highest BCUT2D eigenvalue weighted by Gasteiger charge is 2.30. The number of halogens is 3. The number of nitrogens with zero attached hydrogens (tertiary/aromatic N) is 1. The van der Waals surface area contributed by atoms with Crippen LogP contribution in [-0.4, -0.2) is 12.8 Å². The Morgan fingerprint density at radius 2 is 1.80 bits per heavy atom. The van der Waals surface area contributed by atoms with Gasteiger partial charge in [-0.25, -0.2) is 0 Å². The SMILES string of the molecule is FC(F)(F)c1ccc([C@@H]2C=NCC2)cc1. The fourth-order valence-corrected chi connectivity index (χ4v) is 1.66. The Balaban J connectivity index is 2.20. The highest BCUT2D eigenvalue weighted by molar-refractivity contribution is 5.69. The summed E-state index contributed by atoms with van der Waals surface area (Å²) < 4.78 is 36.8. The first-order valence-corrected chi connectivity index (χ1v) is 4.74. The van der Waals surface area contributed by atoms with Crippen LogP contribution in [0.25, 0.3) is 0 Å². The third-order valence-corrected chi connectivity index (χ3v) is 2.52. The first-order chi connectivity index (χ1) is 7.07. The molecule has 0 saturated carbocycles. The first kappa shape index (κ1) is 10.2. The Morgan fingerprint density at radius 3 is 2.27 bits per heavy atom. The molecule has 0 saturated heterocycles. The summed E-state index contributed by atoms with van der Waals surface area (Å²) in [6.45, 7) is 0.770. The van der Waals surface area contributed by atoms with E-state index < -0.39 is 11.7 Å². The van der Waals surface area contributed by atoms with Crippen molar-refractivity contribution in [3.63, 3.8) is 0 Å². The van der Waals surface area contributed by atoms with Gasteiger partial charge in [-0.05, 0) is 24.1 Å². The Bertz CT molecular complexity index is 364. The van der Waals surface area contributed by atoms with Gasteiger partial charge in [0.15, 0.2) is 0 Å². The molecule has 0 fully saturated rings. The van der Waals surface area contributed by atoms with Gasteiger partial charge in [0, 0.05) is 18.7 Å². The highest BCUT2D eigenvalue weighted by atomic mass is 19.4. The van der Waals surface area contributed by atoms with Crippen LogP contribution in [0.3, 0.4) is 0 Å². The van der Waals surface area contributed by atoms with Crippen LogP contribution in [-0.2, 0) is 6.18 Å². The van der Waals surface area contributed by atoms with Crippen LogP contribution in [0.1, 0.15) is 23.5 Å². The molecule has 1 nitrogen and oxygen atoms in total. The van der Waals surface area contributed by atoms with Crippen molar-refractivity contribution in [2.24, 2.45) is 4.99 Å². The molecule has 0 N–H and O–H groups in total. The summed E-state index contributed by atoms with van der Waals surface area (Å²) in [5.41, 5.74) is 0.311. The molecule has 4 heteroatoms. The lowest BCUT2D eigenvalue weighted by Crippen LogP contribution is -2.05. The lowest BCUT2D eigenvalue weighted by Gasteiger charge is -2.09. The van der Waals surface area contributed by atoms with E-state index in [0.29, 0.717) is 0 Å². The molecule has 2 rings (SSSR count). The summed E-state index contributed by atoms with van der Waals surface area (Å²) in [7, 11) is 0. The minimum atomic E-state index is -4.25. The zero-order valence-corrected chi connectivity index (χ0v) is 7.96. The van der Waals surface area contributed by atoms with Gasteiger partial charge in [-0.3, -0.25) is 4.99 Å². The van der Waals surface area contributed by atoms with Gasteiger partial charge in [-0.15, -0.1) is 0 Å². The summed E-state index contributed by atoms with van der Waals surface area (Å²) in [6.07, 6.45) is -1.55. The number of aliphatic imine (C=N–C) groups is 1. The normalized spacial score (nSPS) is 20.9. The van der Waals surface area contributed by atoms with Crippen LogP contribution in [0.4, 0.5) is 13.2 Å². The fraction of sp³-hybridized carbons (Fsp3) is 0.364. The molecule has 15 heavy (non-hydrogen) atoms. The van der Waals surface area contributed by atoms with Gasteiger partial charge in [0.2, 0.25) is 0 Å². The van der Waals surface area contributed by atoms with Gasteiger partial charge >= 0.3 is 6.18 Å². The molecule has 0 radical (unpaired) electrons. The van der Waals surface area contributed by atoms with Gasteiger partial charge in [-0.1, -0.05) is 12.1 Å². The van der Waals surface area contributed by atoms with Crippen LogP contribution in [0.15, 0.2) is 29.3 Å². The maximum Gasteiger partial charge on any atom is 0.416 e. The van der Waals surface area contributed by atoms with Crippen molar-refractivity contribution < 1.29 is 13.2 Å². The van der Waals surface area contributed by atoms with Crippen LogP contribution in [0.2, 0.25) is 0 Å². The summed E-state index contributed by atoms with van der Waals surface area (Å²) in [5.74, 6) is 0.187. The van der Waals surface area contributed by atoms with Crippen molar-refractivity contribution >= 4 is 6.21 Å². The third kappa shape index (κ3) is 2.19. The molecule has 0 amide bonds. The van der Waals surface area contributed by atoms with Crippen molar-refractivity contribution in [1.82, 2.24) is 0 Å². The van der Waals surface area contributed by atoms with E-state index in [1.807, 2.05) is 6.21 Å². The second-order valence-electron chi connectivity index (χ2n) is 3.57. The Kier molecular flexibility index (Phi) is 2.50. The Morgan fingerprint density at radius 1 is 1.13 bits per heavy atom. The average Bonchev–Trinajstić information content (AvgIpc) is 2.69. The number of hydrogen-bond acceptors (Lipinski definition) is 1. The van der Waals surface area contributed by atoms with E-state index in [4.69, 9.17) is 0 Å². The number of benzene rings is 1. The van der Waals surface area contributed by atoms with E-state index in [-0.39, 0.29) is 5.92 Å². The minimum Gasteiger partial charge on any atom is -0.297 e. The topological polar surface area (TPSA) is 12.4 Å². The molecule has 1 aliphatic rings. The molecule has 0 spiro atoms. The van der Waals surface area contributed by atoms with Crippen LogP contribution >= 0.6 is 0 Å². The Hall–Kier alpha value is -1.32. The fourth-order valence-electron chi connectivity index (χ4n) is 1.66. The minimum absolute atomic E-state index is 0.187. The lowest BCUT2D eigenvalue weighted by molar-refractivity contribution is -0.137. The van der Waals surface area contributed by atoms with E-state index in [1.54, 1.807) is 0 Å². The van der Waals surface area contributed by atoms with Gasteiger partial charge in [-0.2, -0.15) is 13.2 Å². The molecular weight excluding hydrogens is 203 g/mol. The zero-order valence-electron chi connectivity index (χ0n) is 7.96. The van der Waals surface area contributed by atoms with Crippen molar-refractivity contribution in [2.75, 3.05) is 6.54 Å². The molecule has 0 aliphatic carbocycles. The third-order valence-electron chi connectivity index (χ3n) is 2.52. The molecule has 80 valence electrons. The number of alkyl halides is 3. The molecule has 0 aromatic heterocycles. The summed E-state index contributed by atoms with van der Waals surface area (Å²) in [4.78, 5) is 4.07. The van der Waals surface area contributed by atoms with Gasteiger partial charge < -0.3 is 0 Å². The molecule has 1 aliphatic heterocycles. The highest BCUT2D eigenvalue weighted by Crippen LogP contribution is 2.30. The van der Waals surface area contributed by atoms with Gasteiger partial charge in [0.1, 0.15) is 0 Å². The number of hydrogen-bond donors (Lipinski definition) is 0. The Labute approximate surface area is 85.6 Å². The number of rotatable bonds is 1. The molecule has 1 aromatic rings. The first-order valence-electron chi connectivity index (χ1n) is 4.74. The molecule has 0 bridgehead atoms. The molecule has 1 aromatic carbocycles. The standard InChI is InChI=1S/C11H10F3N/c12-11(13,14)10-3-1-8(2-4-10)9-5-6-15-7-9/h1-4,7,9H,5-6H2/t9-/m0/s1. The van der Waals surface area contributed by atoms with E-state index in [2.05, 4.69) is 4.99 Å². The van der Waals surface area contributed by atoms with Crippen molar-refractivity contribution in [3.8, 4) is 0 Å². The molecule has 1 heterocycles. The van der Waals surface area contributed by atoms with Gasteiger partial charge in [0.25, 0.3) is 0 Å². The smallest absolute Gasteiger partial charge is 0.297 e. The second-order valence-corrected chi connectivity index (χ2v) is 3.57. The van der Waals surface area contributed by atoms with Crippen molar-refractivity contribution in [3.05, 3.63) is 35.4 Å². The maximum atomic E-state index is 12.3. The largest absolute Gasteiger partial charge is 0.416 e. The second kappa shape index (κ2) is 3.68.